The van der Waals surface area contributed by atoms with Crippen molar-refractivity contribution in [3.63, 3.8) is 0 Å². The number of rotatable bonds is 0. The molecule has 64 valence electrons. The van der Waals surface area contributed by atoms with Crippen LogP contribution in [0, 0.1) is 23.7 Å². The first kappa shape index (κ1) is 5.61. The van der Waals surface area contributed by atoms with Crippen LogP contribution in [-0.4, -0.2) is 24.4 Å². The van der Waals surface area contributed by atoms with E-state index < -0.39 is 0 Å². The first-order chi connectivity index (χ1) is 5.93. The molecule has 5 aliphatic rings. The Morgan fingerprint density at radius 1 is 0.750 bits per heavy atom. The summed E-state index contributed by atoms with van der Waals surface area (Å²) in [5.41, 5.74) is 0. The van der Waals surface area contributed by atoms with E-state index in [9.17, 15) is 0 Å². The van der Waals surface area contributed by atoms with Gasteiger partial charge in [-0.3, -0.25) is 0 Å². The molecule has 12 heavy (non-hydrogen) atoms. The van der Waals surface area contributed by atoms with Crippen LogP contribution in [0.15, 0.2) is 0 Å². The second-order valence-corrected chi connectivity index (χ2v) is 5.24. The predicted molar refractivity (Wildman–Crippen MR) is 40.5 cm³/mol. The van der Waals surface area contributed by atoms with Gasteiger partial charge < -0.3 is 9.47 Å². The molecule has 0 unspecified atom stereocenters. The van der Waals surface area contributed by atoms with E-state index >= 15 is 0 Å². The molecule has 0 aromatic carbocycles. The summed E-state index contributed by atoms with van der Waals surface area (Å²) in [5.74, 6) is 3.77. The molecule has 5 fully saturated rings. The Balaban J connectivity index is 1.66. The van der Waals surface area contributed by atoms with Gasteiger partial charge in [-0.2, -0.15) is 0 Å². The SMILES string of the molecule is C1[C@@H]2[C@H]3C[C@@H]4O[C@H]4[C@@H]3[C@H]1[C@@H]1O[C@@H]21. The van der Waals surface area contributed by atoms with Crippen LogP contribution in [0.4, 0.5) is 0 Å². The van der Waals surface area contributed by atoms with E-state index in [2.05, 4.69) is 0 Å². The van der Waals surface area contributed by atoms with E-state index in [0.717, 1.165) is 23.7 Å². The van der Waals surface area contributed by atoms with Crippen LogP contribution in [0.3, 0.4) is 0 Å². The summed E-state index contributed by atoms with van der Waals surface area (Å²) >= 11 is 0. The van der Waals surface area contributed by atoms with E-state index in [1.54, 1.807) is 0 Å². The van der Waals surface area contributed by atoms with Crippen LogP contribution in [0.2, 0.25) is 0 Å². The molecule has 2 aliphatic heterocycles. The molecule has 2 heterocycles. The van der Waals surface area contributed by atoms with E-state index in [1.807, 2.05) is 0 Å². The van der Waals surface area contributed by atoms with Gasteiger partial charge in [-0.25, -0.2) is 0 Å². The quantitative estimate of drug-likeness (QED) is 0.495. The molecule has 0 radical (unpaired) electrons. The predicted octanol–water partition coefficient (Wildman–Crippen LogP) is 0.807. The number of fused-ring (bicyclic) bond motifs is 10. The summed E-state index contributed by atoms with van der Waals surface area (Å²) in [7, 11) is 0. The molecular formula is C10H12O2. The minimum absolute atomic E-state index is 0.676. The van der Waals surface area contributed by atoms with Crippen molar-refractivity contribution in [2.75, 3.05) is 0 Å². The Labute approximate surface area is 71.2 Å². The highest BCUT2D eigenvalue weighted by Gasteiger charge is 2.74. The fourth-order valence-electron chi connectivity index (χ4n) is 4.58. The molecule has 2 heteroatoms. The van der Waals surface area contributed by atoms with Crippen LogP contribution in [0.5, 0.6) is 0 Å². The Morgan fingerprint density at radius 2 is 1.67 bits per heavy atom. The minimum atomic E-state index is 0.676. The van der Waals surface area contributed by atoms with Crippen molar-refractivity contribution in [3.05, 3.63) is 0 Å². The molecule has 0 amide bonds. The normalized spacial score (nSPS) is 80.0. The first-order valence-corrected chi connectivity index (χ1v) is 5.24. The molecule has 3 aliphatic carbocycles. The molecule has 2 saturated heterocycles. The van der Waals surface area contributed by atoms with Gasteiger partial charge in [-0.05, 0) is 36.5 Å². The van der Waals surface area contributed by atoms with Gasteiger partial charge in [0.05, 0.1) is 24.4 Å². The van der Waals surface area contributed by atoms with Crippen molar-refractivity contribution >= 4 is 0 Å². The molecule has 5 rings (SSSR count). The monoisotopic (exact) mass is 164 g/mol. The second kappa shape index (κ2) is 1.38. The van der Waals surface area contributed by atoms with Gasteiger partial charge >= 0.3 is 0 Å². The summed E-state index contributed by atoms with van der Waals surface area (Å²) < 4.78 is 11.3. The van der Waals surface area contributed by atoms with Crippen LogP contribution >= 0.6 is 0 Å². The van der Waals surface area contributed by atoms with Crippen LogP contribution < -0.4 is 0 Å². The van der Waals surface area contributed by atoms with Gasteiger partial charge in [0.1, 0.15) is 0 Å². The molecule has 3 saturated carbocycles. The number of epoxide rings is 2. The van der Waals surface area contributed by atoms with Crippen LogP contribution in [-0.2, 0) is 9.47 Å². The maximum Gasteiger partial charge on any atom is 0.0876 e. The van der Waals surface area contributed by atoms with E-state index in [0.29, 0.717) is 24.4 Å². The van der Waals surface area contributed by atoms with E-state index in [4.69, 9.17) is 9.47 Å². The Hall–Kier alpha value is -0.0800. The molecule has 8 atom stereocenters. The molecule has 0 N–H and O–H groups in total. The number of hydrogen-bond donors (Lipinski definition) is 0. The zero-order valence-corrected chi connectivity index (χ0v) is 6.85. The lowest BCUT2D eigenvalue weighted by Gasteiger charge is -2.22. The summed E-state index contributed by atoms with van der Waals surface area (Å²) in [6.45, 7) is 0. The third kappa shape index (κ3) is 0.409. The zero-order valence-electron chi connectivity index (χ0n) is 6.85. The molecule has 0 aromatic heterocycles. The Bertz CT molecular complexity index is 273. The molecule has 0 aromatic rings. The fraction of sp³-hybridized carbons (Fsp3) is 1.00. The second-order valence-electron chi connectivity index (χ2n) is 5.24. The topological polar surface area (TPSA) is 25.1 Å². The van der Waals surface area contributed by atoms with Crippen molar-refractivity contribution in [3.8, 4) is 0 Å². The summed E-state index contributed by atoms with van der Waals surface area (Å²) in [6.07, 6.45) is 5.58. The Morgan fingerprint density at radius 3 is 2.67 bits per heavy atom. The smallest absolute Gasteiger partial charge is 0.0876 e. The largest absolute Gasteiger partial charge is 0.369 e. The lowest BCUT2D eigenvalue weighted by Crippen LogP contribution is -2.27. The van der Waals surface area contributed by atoms with E-state index in [-0.39, 0.29) is 0 Å². The average molecular weight is 164 g/mol. The number of ether oxygens (including phenoxy) is 2. The van der Waals surface area contributed by atoms with Crippen molar-refractivity contribution in [1.29, 1.82) is 0 Å². The van der Waals surface area contributed by atoms with Crippen molar-refractivity contribution < 1.29 is 9.47 Å². The van der Waals surface area contributed by atoms with Gasteiger partial charge in [0, 0.05) is 0 Å². The number of hydrogen-bond acceptors (Lipinski definition) is 2. The summed E-state index contributed by atoms with van der Waals surface area (Å²) in [4.78, 5) is 0. The first-order valence-electron chi connectivity index (χ1n) is 5.24. The highest BCUT2D eigenvalue weighted by molar-refractivity contribution is 5.21. The molecular weight excluding hydrogens is 152 g/mol. The fourth-order valence-corrected chi connectivity index (χ4v) is 4.58. The molecule has 2 nitrogen and oxygen atoms in total. The Kier molecular flexibility index (Phi) is 0.644. The summed E-state index contributed by atoms with van der Waals surface area (Å²) in [6, 6.07) is 0. The lowest BCUT2D eigenvalue weighted by atomic mass is 9.81. The maximum atomic E-state index is 5.69. The molecule has 0 spiro atoms. The molecule has 2 bridgehead atoms. The van der Waals surface area contributed by atoms with Crippen molar-refractivity contribution in [2.24, 2.45) is 23.7 Å². The maximum absolute atomic E-state index is 5.69. The average Bonchev–Trinajstić information content (AvgIpc) is 2.92. The van der Waals surface area contributed by atoms with E-state index in [1.165, 1.54) is 12.8 Å². The zero-order chi connectivity index (χ0) is 7.45. The standard InChI is InChI=1S/C10H12O2/c1-4-3-2-6-10(11-6)7(3)5(1)9-8(4)12-9/h3-10H,1-2H2/t3-,4-,5+,6+,7+,8+,9+,10-/m1/s1. The van der Waals surface area contributed by atoms with Gasteiger partial charge in [-0.1, -0.05) is 0 Å². The summed E-state index contributed by atoms with van der Waals surface area (Å²) in [5, 5.41) is 0. The van der Waals surface area contributed by atoms with Gasteiger partial charge in [0.15, 0.2) is 0 Å². The third-order valence-electron chi connectivity index (χ3n) is 4.99. The highest BCUT2D eigenvalue weighted by Crippen LogP contribution is 2.69. The minimum Gasteiger partial charge on any atom is -0.369 e. The van der Waals surface area contributed by atoms with Crippen molar-refractivity contribution in [2.45, 2.75) is 37.3 Å². The lowest BCUT2D eigenvalue weighted by molar-refractivity contribution is 0.162. The van der Waals surface area contributed by atoms with Gasteiger partial charge in [0.25, 0.3) is 0 Å². The van der Waals surface area contributed by atoms with Crippen molar-refractivity contribution in [1.82, 2.24) is 0 Å². The highest BCUT2D eigenvalue weighted by atomic mass is 16.6. The van der Waals surface area contributed by atoms with Gasteiger partial charge in [-0.15, -0.1) is 0 Å². The van der Waals surface area contributed by atoms with Crippen LogP contribution in [0.25, 0.3) is 0 Å². The van der Waals surface area contributed by atoms with Gasteiger partial charge in [0.2, 0.25) is 0 Å². The third-order valence-corrected chi connectivity index (χ3v) is 4.99. The van der Waals surface area contributed by atoms with Crippen LogP contribution in [0.1, 0.15) is 12.8 Å².